The van der Waals surface area contributed by atoms with Crippen LogP contribution in [0, 0.1) is 11.7 Å². The second kappa shape index (κ2) is 8.72. The predicted octanol–water partition coefficient (Wildman–Crippen LogP) is 1.54. The molecule has 0 saturated carbocycles. The van der Waals surface area contributed by atoms with Gasteiger partial charge in [0.15, 0.2) is 5.96 Å². The number of nitrogens with zero attached hydrogens (tertiary/aromatic N) is 3. The minimum Gasteiger partial charge on any atom is -0.396 e. The van der Waals surface area contributed by atoms with Gasteiger partial charge in [0.25, 0.3) is 0 Å². The average molecular weight is 322 g/mol. The third kappa shape index (κ3) is 5.10. The average Bonchev–Trinajstić information content (AvgIpc) is 2.59. The monoisotopic (exact) mass is 322 g/mol. The van der Waals surface area contributed by atoms with E-state index in [1.807, 2.05) is 19.1 Å². The van der Waals surface area contributed by atoms with Gasteiger partial charge >= 0.3 is 0 Å². The molecule has 0 bridgehead atoms. The molecule has 2 N–H and O–H groups in total. The number of hydrogen-bond donors (Lipinski definition) is 2. The summed E-state index contributed by atoms with van der Waals surface area (Å²) in [6.07, 6.45) is 0. The Balaban J connectivity index is 1.93. The molecule has 23 heavy (non-hydrogen) atoms. The highest BCUT2D eigenvalue weighted by Gasteiger charge is 2.20. The molecular formula is C17H27FN4O. The lowest BCUT2D eigenvalue weighted by molar-refractivity contribution is 0.241. The molecule has 1 aliphatic heterocycles. The summed E-state index contributed by atoms with van der Waals surface area (Å²) in [6, 6.07) is 6.66. The molecule has 1 unspecified atom stereocenters. The van der Waals surface area contributed by atoms with Gasteiger partial charge in [-0.1, -0.05) is 6.92 Å². The second-order valence-corrected chi connectivity index (χ2v) is 5.93. The highest BCUT2D eigenvalue weighted by Crippen LogP contribution is 2.17. The summed E-state index contributed by atoms with van der Waals surface area (Å²) < 4.78 is 13.0. The van der Waals surface area contributed by atoms with Crippen molar-refractivity contribution in [3.8, 4) is 0 Å². The van der Waals surface area contributed by atoms with Crippen molar-refractivity contribution in [3.63, 3.8) is 0 Å². The number of rotatable bonds is 5. The van der Waals surface area contributed by atoms with E-state index < -0.39 is 0 Å². The molecule has 5 nitrogen and oxygen atoms in total. The van der Waals surface area contributed by atoms with Crippen LogP contribution in [0.3, 0.4) is 0 Å². The Morgan fingerprint density at radius 3 is 2.48 bits per heavy atom. The molecule has 0 spiro atoms. The molecule has 1 atom stereocenters. The van der Waals surface area contributed by atoms with Gasteiger partial charge in [0, 0.05) is 51.6 Å². The standard InChI is InChI=1S/C17H27FN4O/c1-3-19-17(20-12-14(2)13-23)22-10-8-21(9-11-22)16-6-4-15(18)5-7-16/h4-7,14,23H,3,8-13H2,1-2H3,(H,19,20). The van der Waals surface area contributed by atoms with Crippen LogP contribution in [0.15, 0.2) is 29.3 Å². The highest BCUT2D eigenvalue weighted by atomic mass is 19.1. The maximum atomic E-state index is 13.0. The first kappa shape index (κ1) is 17.5. The fourth-order valence-corrected chi connectivity index (χ4v) is 2.55. The van der Waals surface area contributed by atoms with E-state index in [1.54, 1.807) is 0 Å². The predicted molar refractivity (Wildman–Crippen MR) is 92.4 cm³/mol. The van der Waals surface area contributed by atoms with Gasteiger partial charge in [-0.2, -0.15) is 0 Å². The number of hydrogen-bond acceptors (Lipinski definition) is 3. The van der Waals surface area contributed by atoms with Crippen molar-refractivity contribution in [3.05, 3.63) is 30.1 Å². The molecule has 128 valence electrons. The lowest BCUT2D eigenvalue weighted by Gasteiger charge is -2.37. The van der Waals surface area contributed by atoms with E-state index in [2.05, 4.69) is 27.0 Å². The Hall–Kier alpha value is -1.82. The van der Waals surface area contributed by atoms with Gasteiger partial charge in [-0.25, -0.2) is 4.39 Å². The van der Waals surface area contributed by atoms with Crippen LogP contribution >= 0.6 is 0 Å². The van der Waals surface area contributed by atoms with Gasteiger partial charge in [0.1, 0.15) is 5.82 Å². The van der Waals surface area contributed by atoms with Crippen molar-refractivity contribution in [1.82, 2.24) is 10.2 Å². The molecule has 1 aromatic carbocycles. The molecule has 0 amide bonds. The van der Waals surface area contributed by atoms with E-state index in [-0.39, 0.29) is 18.3 Å². The summed E-state index contributed by atoms with van der Waals surface area (Å²) >= 11 is 0. The molecule has 1 aromatic rings. The fourth-order valence-electron chi connectivity index (χ4n) is 2.55. The van der Waals surface area contributed by atoms with Crippen LogP contribution in [0.2, 0.25) is 0 Å². The number of aliphatic hydroxyl groups excluding tert-OH is 1. The van der Waals surface area contributed by atoms with Gasteiger partial charge in [-0.05, 0) is 37.1 Å². The van der Waals surface area contributed by atoms with E-state index in [0.29, 0.717) is 6.54 Å². The number of piperazine rings is 1. The van der Waals surface area contributed by atoms with Crippen molar-refractivity contribution in [2.75, 3.05) is 50.8 Å². The van der Waals surface area contributed by atoms with Gasteiger partial charge < -0.3 is 20.2 Å². The van der Waals surface area contributed by atoms with Crippen molar-refractivity contribution < 1.29 is 9.50 Å². The molecule has 6 heteroatoms. The van der Waals surface area contributed by atoms with Crippen LogP contribution in [0.25, 0.3) is 0 Å². The number of nitrogens with one attached hydrogen (secondary N) is 1. The van der Waals surface area contributed by atoms with Crippen molar-refractivity contribution >= 4 is 11.6 Å². The second-order valence-electron chi connectivity index (χ2n) is 5.93. The number of anilines is 1. The Bertz CT molecular complexity index is 498. The number of benzene rings is 1. The quantitative estimate of drug-likeness (QED) is 0.638. The van der Waals surface area contributed by atoms with Crippen LogP contribution in [0.1, 0.15) is 13.8 Å². The lowest BCUT2D eigenvalue weighted by Crippen LogP contribution is -2.52. The van der Waals surface area contributed by atoms with Crippen molar-refractivity contribution in [2.45, 2.75) is 13.8 Å². The zero-order valence-electron chi connectivity index (χ0n) is 14.0. The number of aliphatic hydroxyl groups is 1. The molecule has 1 fully saturated rings. The molecule has 1 heterocycles. The Morgan fingerprint density at radius 2 is 1.91 bits per heavy atom. The van der Waals surface area contributed by atoms with E-state index in [0.717, 1.165) is 44.4 Å². The van der Waals surface area contributed by atoms with E-state index in [1.165, 1.54) is 12.1 Å². The van der Waals surface area contributed by atoms with Crippen LogP contribution in [0.4, 0.5) is 10.1 Å². The molecule has 0 radical (unpaired) electrons. The summed E-state index contributed by atoms with van der Waals surface area (Å²) in [5.74, 6) is 0.877. The SMILES string of the molecule is CCNC(=NCC(C)CO)N1CCN(c2ccc(F)cc2)CC1. The van der Waals surface area contributed by atoms with Crippen LogP contribution < -0.4 is 10.2 Å². The molecular weight excluding hydrogens is 295 g/mol. The minimum atomic E-state index is -0.202. The van der Waals surface area contributed by atoms with Gasteiger partial charge in [0.05, 0.1) is 0 Å². The van der Waals surface area contributed by atoms with Crippen molar-refractivity contribution in [1.29, 1.82) is 0 Å². The topological polar surface area (TPSA) is 51.1 Å². The molecule has 1 aliphatic rings. The Labute approximate surface area is 137 Å². The normalized spacial score (nSPS) is 17.3. The minimum absolute atomic E-state index is 0.154. The number of halogens is 1. The summed E-state index contributed by atoms with van der Waals surface area (Å²) in [4.78, 5) is 9.12. The first-order valence-electron chi connectivity index (χ1n) is 8.28. The Kier molecular flexibility index (Phi) is 6.65. The van der Waals surface area contributed by atoms with Crippen LogP contribution in [-0.2, 0) is 0 Å². The highest BCUT2D eigenvalue weighted by molar-refractivity contribution is 5.80. The molecule has 0 aliphatic carbocycles. The van der Waals surface area contributed by atoms with Crippen molar-refractivity contribution in [2.24, 2.45) is 10.9 Å². The molecule has 0 aromatic heterocycles. The summed E-state index contributed by atoms with van der Waals surface area (Å²) in [5, 5.41) is 12.5. The maximum absolute atomic E-state index is 13.0. The number of guanidine groups is 1. The summed E-state index contributed by atoms with van der Waals surface area (Å²) in [7, 11) is 0. The molecule has 2 rings (SSSR count). The number of aliphatic imine (C=N–C) groups is 1. The Morgan fingerprint density at radius 1 is 1.26 bits per heavy atom. The maximum Gasteiger partial charge on any atom is 0.194 e. The van der Waals surface area contributed by atoms with E-state index in [9.17, 15) is 4.39 Å². The van der Waals surface area contributed by atoms with Crippen LogP contribution in [-0.4, -0.2) is 61.8 Å². The van der Waals surface area contributed by atoms with E-state index in [4.69, 9.17) is 5.11 Å². The van der Waals surface area contributed by atoms with Crippen LogP contribution in [0.5, 0.6) is 0 Å². The summed E-state index contributed by atoms with van der Waals surface area (Å²) in [6.45, 7) is 9.15. The smallest absolute Gasteiger partial charge is 0.194 e. The zero-order valence-corrected chi connectivity index (χ0v) is 14.0. The van der Waals surface area contributed by atoms with Gasteiger partial charge in [-0.15, -0.1) is 0 Å². The summed E-state index contributed by atoms with van der Waals surface area (Å²) in [5.41, 5.74) is 1.06. The fraction of sp³-hybridized carbons (Fsp3) is 0.588. The zero-order chi connectivity index (χ0) is 16.7. The third-order valence-electron chi connectivity index (χ3n) is 3.97. The molecule has 1 saturated heterocycles. The van der Waals surface area contributed by atoms with Gasteiger partial charge in [-0.3, -0.25) is 4.99 Å². The first-order chi connectivity index (χ1) is 11.1. The third-order valence-corrected chi connectivity index (χ3v) is 3.97. The van der Waals surface area contributed by atoms with E-state index >= 15 is 0 Å². The largest absolute Gasteiger partial charge is 0.396 e. The lowest BCUT2D eigenvalue weighted by atomic mass is 10.2. The van der Waals surface area contributed by atoms with Gasteiger partial charge in [0.2, 0.25) is 0 Å². The first-order valence-corrected chi connectivity index (χ1v) is 8.28.